The lowest BCUT2D eigenvalue weighted by atomic mass is 9.86. The Bertz CT molecular complexity index is 3130. The number of hydrogen-bond donors (Lipinski definition) is 0. The van der Waals surface area contributed by atoms with Gasteiger partial charge >= 0.3 is 0 Å². The molecule has 8 aromatic rings. The number of fused-ring (bicyclic) bond motifs is 1. The van der Waals surface area contributed by atoms with Crippen LogP contribution < -0.4 is 0 Å². The summed E-state index contributed by atoms with van der Waals surface area (Å²) >= 11 is 0. The summed E-state index contributed by atoms with van der Waals surface area (Å²) in [4.78, 5) is 13.3. The number of hydrogen-bond acceptors (Lipinski definition) is 8. The smallest absolute Gasteiger partial charge is 0.133 e. The van der Waals surface area contributed by atoms with Gasteiger partial charge in [0.1, 0.15) is 5.76 Å². The van der Waals surface area contributed by atoms with E-state index in [1.54, 1.807) is 0 Å². The van der Waals surface area contributed by atoms with Crippen LogP contribution >= 0.6 is 0 Å². The fourth-order valence-electron chi connectivity index (χ4n) is 8.70. The van der Waals surface area contributed by atoms with E-state index < -0.39 is 0 Å². The summed E-state index contributed by atoms with van der Waals surface area (Å²) < 4.78 is 10.7. The fourth-order valence-corrected chi connectivity index (χ4v) is 8.70. The summed E-state index contributed by atoms with van der Waals surface area (Å²) in [5.74, 6) is 1.47. The molecule has 0 bridgehead atoms. The summed E-state index contributed by atoms with van der Waals surface area (Å²) in [6, 6.07) is 23.5. The van der Waals surface area contributed by atoms with Gasteiger partial charge in [0.2, 0.25) is 0 Å². The Morgan fingerprint density at radius 3 is 1.36 bits per heavy atom. The van der Waals surface area contributed by atoms with E-state index in [9.17, 15) is 0 Å². The molecule has 0 saturated heterocycles. The molecule has 0 atom stereocenters. The lowest BCUT2D eigenvalue weighted by molar-refractivity contribution is 0.375. The van der Waals surface area contributed by atoms with E-state index in [1.165, 1.54) is 50.1 Å². The SMILES string of the molecule is CC(C)c1ccc2c(cnn2C)c1.Cc1cc(C(C)(C)C)cc(C)n1.Cc1cc(C(C)(C)C)n(C)n1.Cc1cc(C(C)(C)C)no1.Cc1ccc(C(C)(C)C)c(C)n1.Cc1ccc(C(C)(C)C)nc1C.Cc1nn(C)cc1C(C)(C)C. The molecule has 0 unspecified atom stereocenters. The first kappa shape index (κ1) is 70.9. The Morgan fingerprint density at radius 2 is 1.00 bits per heavy atom. The van der Waals surface area contributed by atoms with Gasteiger partial charge in [0.15, 0.2) is 0 Å². The predicted octanol–water partition coefficient (Wildman–Crippen LogP) is 18.0. The first-order valence-corrected chi connectivity index (χ1v) is 28.9. The second kappa shape index (κ2) is 28.6. The first-order valence-electron chi connectivity index (χ1n) is 28.9. The second-order valence-electron chi connectivity index (χ2n) is 28.5. The van der Waals surface area contributed by atoms with Crippen molar-refractivity contribution in [2.45, 2.75) is 239 Å². The maximum absolute atomic E-state index is 4.94. The molecule has 0 spiro atoms. The van der Waals surface area contributed by atoms with E-state index in [2.05, 4.69) is 268 Å². The summed E-state index contributed by atoms with van der Waals surface area (Å²) in [6.45, 7) is 62.2. The van der Waals surface area contributed by atoms with Crippen LogP contribution in [0.3, 0.4) is 0 Å². The highest BCUT2D eigenvalue weighted by Gasteiger charge is 2.21. The number of benzene rings is 1. The molecular formula is C70H110N10O. The maximum Gasteiger partial charge on any atom is 0.133 e. The summed E-state index contributed by atoms with van der Waals surface area (Å²) in [6.07, 6.45) is 4.01. The molecule has 0 radical (unpaired) electrons. The van der Waals surface area contributed by atoms with Gasteiger partial charge in [0.25, 0.3) is 0 Å². The quantitative estimate of drug-likeness (QED) is 0.159. The zero-order valence-electron chi connectivity index (χ0n) is 57.0. The van der Waals surface area contributed by atoms with Crippen LogP contribution in [0.5, 0.6) is 0 Å². The Kier molecular flexibility index (Phi) is 25.1. The Balaban J connectivity index is 0.000000323. The third-order valence-electron chi connectivity index (χ3n) is 13.5. The average molecular weight is 1110 g/mol. The van der Waals surface area contributed by atoms with Crippen molar-refractivity contribution in [3.8, 4) is 0 Å². The highest BCUT2D eigenvalue weighted by Crippen LogP contribution is 2.28. The molecular weight excluding hydrogens is 997 g/mol. The van der Waals surface area contributed by atoms with Crippen LogP contribution in [0.4, 0.5) is 0 Å². The molecule has 11 nitrogen and oxygen atoms in total. The van der Waals surface area contributed by atoms with Crippen LogP contribution in [0.15, 0.2) is 83.6 Å². The predicted molar refractivity (Wildman–Crippen MR) is 345 cm³/mol. The molecule has 0 aliphatic heterocycles. The molecule has 0 aliphatic carbocycles. The van der Waals surface area contributed by atoms with Crippen molar-refractivity contribution in [2.75, 3.05) is 0 Å². The van der Waals surface area contributed by atoms with Crippen LogP contribution in [0.2, 0.25) is 0 Å². The maximum atomic E-state index is 4.94. The Morgan fingerprint density at radius 1 is 0.444 bits per heavy atom. The average Bonchev–Trinajstić information content (AvgIpc) is 4.10. The first-order chi connectivity index (χ1) is 36.7. The molecule has 0 fully saturated rings. The van der Waals surface area contributed by atoms with Gasteiger partial charge in [-0.25, -0.2) is 0 Å². The molecule has 446 valence electrons. The third kappa shape index (κ3) is 23.6. The van der Waals surface area contributed by atoms with Gasteiger partial charge < -0.3 is 4.52 Å². The number of rotatable bonds is 1. The molecule has 0 amide bonds. The topological polar surface area (TPSA) is 118 Å². The van der Waals surface area contributed by atoms with Crippen molar-refractivity contribution in [2.24, 2.45) is 21.1 Å². The van der Waals surface area contributed by atoms with Crippen molar-refractivity contribution < 1.29 is 4.52 Å². The Labute approximate surface area is 492 Å². The Hall–Kier alpha value is -6.23. The summed E-state index contributed by atoms with van der Waals surface area (Å²) in [5.41, 5.74) is 20.4. The molecule has 0 N–H and O–H groups in total. The molecule has 7 aromatic heterocycles. The van der Waals surface area contributed by atoms with Crippen LogP contribution in [-0.4, -0.2) is 49.5 Å². The van der Waals surface area contributed by atoms with Crippen LogP contribution in [-0.2, 0) is 53.6 Å². The van der Waals surface area contributed by atoms with Gasteiger partial charge in [-0.3, -0.25) is 29.0 Å². The van der Waals surface area contributed by atoms with E-state index in [-0.39, 0.29) is 32.5 Å². The fraction of sp³-hybridized carbons (Fsp3) is 0.557. The van der Waals surface area contributed by atoms with Crippen molar-refractivity contribution in [1.82, 2.24) is 49.5 Å². The lowest BCUT2D eigenvalue weighted by Crippen LogP contribution is -2.16. The summed E-state index contributed by atoms with van der Waals surface area (Å²) in [5, 5.41) is 17.9. The van der Waals surface area contributed by atoms with E-state index in [4.69, 9.17) is 4.52 Å². The van der Waals surface area contributed by atoms with Crippen LogP contribution in [0.25, 0.3) is 10.9 Å². The van der Waals surface area contributed by atoms with E-state index >= 15 is 0 Å². The molecule has 81 heavy (non-hydrogen) atoms. The van der Waals surface area contributed by atoms with E-state index in [1.807, 2.05) is 82.1 Å². The minimum atomic E-state index is 0.109. The highest BCUT2D eigenvalue weighted by molar-refractivity contribution is 5.79. The zero-order chi connectivity index (χ0) is 62.6. The summed E-state index contributed by atoms with van der Waals surface area (Å²) in [7, 11) is 5.92. The van der Waals surface area contributed by atoms with Gasteiger partial charge in [-0.2, -0.15) is 15.3 Å². The number of pyridine rings is 3. The van der Waals surface area contributed by atoms with Crippen LogP contribution in [0, 0.1) is 62.3 Å². The minimum Gasteiger partial charge on any atom is -0.361 e. The molecule has 0 aliphatic rings. The van der Waals surface area contributed by atoms with E-state index in [0.717, 1.165) is 51.3 Å². The van der Waals surface area contributed by atoms with Gasteiger partial charge in [-0.1, -0.05) is 162 Å². The van der Waals surface area contributed by atoms with Crippen molar-refractivity contribution in [3.63, 3.8) is 0 Å². The van der Waals surface area contributed by atoms with Gasteiger partial charge in [-0.15, -0.1) is 0 Å². The molecule has 11 heteroatoms. The number of aryl methyl sites for hydroxylation is 12. The van der Waals surface area contributed by atoms with Crippen LogP contribution in [0.1, 0.15) is 235 Å². The molecule has 8 rings (SSSR count). The monoisotopic (exact) mass is 1110 g/mol. The molecule has 7 heterocycles. The lowest BCUT2D eigenvalue weighted by Gasteiger charge is -2.20. The zero-order valence-corrected chi connectivity index (χ0v) is 57.0. The van der Waals surface area contributed by atoms with Gasteiger partial charge in [0.05, 0.1) is 28.8 Å². The molecule has 0 saturated carbocycles. The highest BCUT2D eigenvalue weighted by atomic mass is 16.5. The minimum absolute atomic E-state index is 0.109. The van der Waals surface area contributed by atoms with Crippen molar-refractivity contribution >= 4 is 10.9 Å². The third-order valence-corrected chi connectivity index (χ3v) is 13.5. The molecule has 1 aromatic carbocycles. The van der Waals surface area contributed by atoms with Gasteiger partial charge in [-0.05, 0) is 155 Å². The normalized spacial score (nSPS) is 11.8. The van der Waals surface area contributed by atoms with Crippen molar-refractivity contribution in [1.29, 1.82) is 0 Å². The second-order valence-corrected chi connectivity index (χ2v) is 28.5. The number of aromatic nitrogens is 10. The van der Waals surface area contributed by atoms with E-state index in [0.29, 0.717) is 5.92 Å². The number of nitrogens with zero attached hydrogens (tertiary/aromatic N) is 10. The van der Waals surface area contributed by atoms with Gasteiger partial charge in [0, 0.05) is 94.9 Å². The largest absolute Gasteiger partial charge is 0.361 e. The van der Waals surface area contributed by atoms with Crippen molar-refractivity contribution in [3.05, 3.63) is 170 Å². The standard InChI is InChI=1S/C11H14N2.3C11H17N.2C9H16N2.C8H13NO/c1-8(2)9-4-5-11-10(6-9)7-12-13(11)3;1-8-6-10(11(3,4)5)7-9(2)12-8;1-8-6-7-10(9(2)12-8)11(3,4)5;1-8-6-7-10(11(3,4)5)12-9(8)2;1-7-8(9(2,3)4)6-11(5)10-7;1-7-6-8(9(2,3)4)11(5)10-7;1-6-5-7(9-10-6)8(2,3)4/h4-8H,1-3H3;3*6-7H,1-5H3;2*6H,1-5H3;5H,1-4H3.